The van der Waals surface area contributed by atoms with Crippen molar-refractivity contribution >= 4 is 0 Å². The van der Waals surface area contributed by atoms with Crippen LogP contribution < -0.4 is 5.73 Å². The molecule has 0 radical (unpaired) electrons. The molecular formula is C8H14N4. The predicted molar refractivity (Wildman–Crippen MR) is 47.5 cm³/mol. The number of rotatable bonds is 3. The first-order valence-corrected chi connectivity index (χ1v) is 3.85. The molecular weight excluding hydrogens is 152 g/mol. The third kappa shape index (κ3) is 2.56. The van der Waals surface area contributed by atoms with E-state index in [-0.39, 0.29) is 6.04 Å². The van der Waals surface area contributed by atoms with E-state index in [0.29, 0.717) is 0 Å². The standard InChI is InChI=1S/C8H14N4/c1-12(2)5-8(9)7-3-10-6-11-4-7/h3-4,6,8H,5,9H2,1-2H3. The van der Waals surface area contributed by atoms with E-state index >= 15 is 0 Å². The van der Waals surface area contributed by atoms with Crippen LogP contribution in [0.4, 0.5) is 0 Å². The predicted octanol–water partition coefficient (Wildman–Crippen LogP) is 0.0380. The fourth-order valence-electron chi connectivity index (χ4n) is 1.00. The molecule has 1 aromatic heterocycles. The van der Waals surface area contributed by atoms with Crippen molar-refractivity contribution in [1.29, 1.82) is 0 Å². The number of nitrogens with zero attached hydrogens (tertiary/aromatic N) is 3. The van der Waals surface area contributed by atoms with Crippen LogP contribution in [0.15, 0.2) is 18.7 Å². The minimum atomic E-state index is 0.00111. The fraction of sp³-hybridized carbons (Fsp3) is 0.500. The molecule has 0 aliphatic rings. The molecule has 1 atom stereocenters. The molecule has 0 fully saturated rings. The quantitative estimate of drug-likeness (QED) is 0.688. The lowest BCUT2D eigenvalue weighted by Gasteiger charge is -2.15. The van der Waals surface area contributed by atoms with Crippen molar-refractivity contribution in [1.82, 2.24) is 14.9 Å². The first kappa shape index (κ1) is 9.09. The molecule has 12 heavy (non-hydrogen) atoms. The van der Waals surface area contributed by atoms with E-state index in [1.165, 1.54) is 6.33 Å². The molecule has 0 aliphatic heterocycles. The maximum absolute atomic E-state index is 5.87. The maximum atomic E-state index is 5.87. The zero-order valence-electron chi connectivity index (χ0n) is 7.44. The van der Waals surface area contributed by atoms with E-state index in [0.717, 1.165) is 12.1 Å². The lowest BCUT2D eigenvalue weighted by molar-refractivity contribution is 0.376. The summed E-state index contributed by atoms with van der Waals surface area (Å²) in [5.41, 5.74) is 6.85. The Bertz CT molecular complexity index is 222. The number of aromatic nitrogens is 2. The average molecular weight is 166 g/mol. The zero-order valence-corrected chi connectivity index (χ0v) is 7.44. The van der Waals surface area contributed by atoms with E-state index in [4.69, 9.17) is 5.73 Å². The molecule has 0 saturated heterocycles. The lowest BCUT2D eigenvalue weighted by atomic mass is 10.1. The largest absolute Gasteiger partial charge is 0.323 e. The minimum Gasteiger partial charge on any atom is -0.323 e. The highest BCUT2D eigenvalue weighted by atomic mass is 15.1. The normalized spacial score (nSPS) is 13.3. The van der Waals surface area contributed by atoms with Gasteiger partial charge in [0.2, 0.25) is 0 Å². The average Bonchev–Trinajstić information content (AvgIpc) is 2.05. The minimum absolute atomic E-state index is 0.00111. The highest BCUT2D eigenvalue weighted by molar-refractivity contribution is 5.08. The van der Waals surface area contributed by atoms with Gasteiger partial charge in [-0.05, 0) is 14.1 Å². The number of nitrogens with two attached hydrogens (primary N) is 1. The van der Waals surface area contributed by atoms with E-state index in [1.807, 2.05) is 19.0 Å². The van der Waals surface area contributed by atoms with Crippen molar-refractivity contribution in [2.45, 2.75) is 6.04 Å². The lowest BCUT2D eigenvalue weighted by Crippen LogP contribution is -2.26. The van der Waals surface area contributed by atoms with Crippen molar-refractivity contribution in [2.75, 3.05) is 20.6 Å². The van der Waals surface area contributed by atoms with Gasteiger partial charge in [-0.1, -0.05) is 0 Å². The molecule has 0 amide bonds. The van der Waals surface area contributed by atoms with Crippen LogP contribution in [0, 0.1) is 0 Å². The Morgan fingerprint density at radius 1 is 1.42 bits per heavy atom. The molecule has 1 rings (SSSR count). The molecule has 0 aromatic carbocycles. The van der Waals surface area contributed by atoms with Gasteiger partial charge in [0, 0.05) is 30.5 Å². The van der Waals surface area contributed by atoms with E-state index in [9.17, 15) is 0 Å². The summed E-state index contributed by atoms with van der Waals surface area (Å²) in [5, 5.41) is 0. The Balaban J connectivity index is 2.59. The summed E-state index contributed by atoms with van der Waals surface area (Å²) in [6, 6.07) is 0.00111. The molecule has 0 spiro atoms. The van der Waals surface area contributed by atoms with Crippen LogP contribution in [0.25, 0.3) is 0 Å². The van der Waals surface area contributed by atoms with Crippen molar-refractivity contribution in [3.8, 4) is 0 Å². The molecule has 4 nitrogen and oxygen atoms in total. The van der Waals surface area contributed by atoms with Gasteiger partial charge in [0.05, 0.1) is 0 Å². The van der Waals surface area contributed by atoms with Crippen molar-refractivity contribution in [3.63, 3.8) is 0 Å². The summed E-state index contributed by atoms with van der Waals surface area (Å²) in [6.45, 7) is 0.813. The van der Waals surface area contributed by atoms with Gasteiger partial charge >= 0.3 is 0 Å². The van der Waals surface area contributed by atoms with Crippen LogP contribution in [-0.2, 0) is 0 Å². The van der Waals surface area contributed by atoms with Crippen LogP contribution in [0.5, 0.6) is 0 Å². The number of hydrogen-bond acceptors (Lipinski definition) is 4. The van der Waals surface area contributed by atoms with Crippen molar-refractivity contribution in [3.05, 3.63) is 24.3 Å². The fourth-order valence-corrected chi connectivity index (χ4v) is 1.00. The molecule has 66 valence electrons. The molecule has 0 bridgehead atoms. The summed E-state index contributed by atoms with van der Waals surface area (Å²) in [5.74, 6) is 0. The van der Waals surface area contributed by atoms with E-state index in [2.05, 4.69) is 9.97 Å². The topological polar surface area (TPSA) is 55.0 Å². The number of hydrogen-bond donors (Lipinski definition) is 1. The highest BCUT2D eigenvalue weighted by Crippen LogP contribution is 2.06. The third-order valence-electron chi connectivity index (χ3n) is 1.57. The van der Waals surface area contributed by atoms with Gasteiger partial charge in [-0.2, -0.15) is 0 Å². The van der Waals surface area contributed by atoms with Crippen LogP contribution in [-0.4, -0.2) is 35.5 Å². The second-order valence-electron chi connectivity index (χ2n) is 3.04. The van der Waals surface area contributed by atoms with Gasteiger partial charge in [-0.3, -0.25) is 0 Å². The Morgan fingerprint density at radius 2 is 2.00 bits per heavy atom. The monoisotopic (exact) mass is 166 g/mol. The van der Waals surface area contributed by atoms with Gasteiger partial charge < -0.3 is 10.6 Å². The third-order valence-corrected chi connectivity index (χ3v) is 1.57. The Kier molecular flexibility index (Phi) is 3.13. The first-order valence-electron chi connectivity index (χ1n) is 3.85. The van der Waals surface area contributed by atoms with E-state index < -0.39 is 0 Å². The van der Waals surface area contributed by atoms with E-state index in [1.54, 1.807) is 12.4 Å². The van der Waals surface area contributed by atoms with Gasteiger partial charge in [0.1, 0.15) is 6.33 Å². The summed E-state index contributed by atoms with van der Waals surface area (Å²) >= 11 is 0. The van der Waals surface area contributed by atoms with Crippen molar-refractivity contribution < 1.29 is 0 Å². The Morgan fingerprint density at radius 3 is 2.50 bits per heavy atom. The smallest absolute Gasteiger partial charge is 0.115 e. The summed E-state index contributed by atoms with van der Waals surface area (Å²) in [6.07, 6.45) is 5.01. The van der Waals surface area contributed by atoms with Gasteiger partial charge in [0.15, 0.2) is 0 Å². The zero-order chi connectivity index (χ0) is 8.97. The van der Waals surface area contributed by atoms with Gasteiger partial charge in [-0.25, -0.2) is 9.97 Å². The molecule has 4 heteroatoms. The maximum Gasteiger partial charge on any atom is 0.115 e. The SMILES string of the molecule is CN(C)CC(N)c1cncnc1. The van der Waals surface area contributed by atoms with Crippen molar-refractivity contribution in [2.24, 2.45) is 5.73 Å². The van der Waals surface area contributed by atoms with Gasteiger partial charge in [-0.15, -0.1) is 0 Å². The molecule has 1 unspecified atom stereocenters. The van der Waals surface area contributed by atoms with Crippen LogP contribution in [0.2, 0.25) is 0 Å². The number of likely N-dealkylation sites (N-methyl/N-ethyl adjacent to an activating group) is 1. The Hall–Kier alpha value is -1.00. The first-order chi connectivity index (χ1) is 5.70. The highest BCUT2D eigenvalue weighted by Gasteiger charge is 2.06. The van der Waals surface area contributed by atoms with Gasteiger partial charge in [0.25, 0.3) is 0 Å². The summed E-state index contributed by atoms with van der Waals surface area (Å²) in [4.78, 5) is 9.85. The molecule has 0 aliphatic carbocycles. The summed E-state index contributed by atoms with van der Waals surface area (Å²) in [7, 11) is 3.98. The second-order valence-corrected chi connectivity index (χ2v) is 3.04. The Labute approximate surface area is 72.4 Å². The molecule has 1 aromatic rings. The summed E-state index contributed by atoms with van der Waals surface area (Å²) < 4.78 is 0. The van der Waals surface area contributed by atoms with Crippen LogP contribution >= 0.6 is 0 Å². The molecule has 0 saturated carbocycles. The second kappa shape index (κ2) is 4.13. The van der Waals surface area contributed by atoms with Crippen LogP contribution in [0.3, 0.4) is 0 Å². The van der Waals surface area contributed by atoms with Crippen LogP contribution in [0.1, 0.15) is 11.6 Å². The molecule has 1 heterocycles. The molecule has 2 N–H and O–H groups in total.